The molecule has 1 aromatic heterocycles. The molecule has 1 N–H and O–H groups in total. The van der Waals surface area contributed by atoms with E-state index >= 15 is 0 Å². The van der Waals surface area contributed by atoms with Gasteiger partial charge < -0.3 is 9.88 Å². The maximum Gasteiger partial charge on any atom is 0.237 e. The molecule has 106 valence electrons. The molecule has 5 nitrogen and oxygen atoms in total. The molecule has 0 saturated carbocycles. The number of aryl methyl sites for hydroxylation is 1. The number of hydrogen-bond acceptors (Lipinski definition) is 4. The van der Waals surface area contributed by atoms with Crippen molar-refractivity contribution in [2.24, 2.45) is 7.05 Å². The molecule has 0 fully saturated rings. The van der Waals surface area contributed by atoms with Gasteiger partial charge >= 0.3 is 0 Å². The van der Waals surface area contributed by atoms with Crippen LogP contribution in [-0.2, 0) is 11.8 Å². The van der Waals surface area contributed by atoms with Crippen molar-refractivity contribution in [1.29, 1.82) is 0 Å². The molecular formula is C12H12ClFN4OS. The number of carbonyl (C=O) groups excluding carboxylic acids is 1. The Balaban J connectivity index is 2.00. The van der Waals surface area contributed by atoms with Crippen LogP contribution in [0.15, 0.2) is 29.7 Å². The molecular weight excluding hydrogens is 303 g/mol. The number of anilines is 1. The second-order valence-electron chi connectivity index (χ2n) is 4.10. The number of benzene rings is 1. The maximum atomic E-state index is 13.0. The largest absolute Gasteiger partial charge is 0.325 e. The highest BCUT2D eigenvalue weighted by Gasteiger charge is 2.17. The van der Waals surface area contributed by atoms with Crippen LogP contribution in [0.4, 0.5) is 10.1 Å². The average molecular weight is 315 g/mol. The van der Waals surface area contributed by atoms with Gasteiger partial charge in [-0.05, 0) is 25.1 Å². The minimum absolute atomic E-state index is 0.0311. The molecule has 0 aliphatic carbocycles. The van der Waals surface area contributed by atoms with E-state index in [-0.39, 0.29) is 16.2 Å². The Morgan fingerprint density at radius 2 is 2.30 bits per heavy atom. The van der Waals surface area contributed by atoms with E-state index in [9.17, 15) is 9.18 Å². The van der Waals surface area contributed by atoms with Crippen molar-refractivity contribution in [3.05, 3.63) is 35.4 Å². The van der Waals surface area contributed by atoms with Gasteiger partial charge in [-0.1, -0.05) is 23.4 Å². The van der Waals surface area contributed by atoms with Crippen molar-refractivity contribution in [2.45, 2.75) is 17.3 Å². The third-order valence-electron chi connectivity index (χ3n) is 2.51. The van der Waals surface area contributed by atoms with Crippen LogP contribution < -0.4 is 5.32 Å². The van der Waals surface area contributed by atoms with Crippen LogP contribution in [0.25, 0.3) is 0 Å². The number of hydrogen-bond donors (Lipinski definition) is 1. The minimum atomic E-state index is -0.522. The van der Waals surface area contributed by atoms with E-state index in [2.05, 4.69) is 15.5 Å². The van der Waals surface area contributed by atoms with Crippen molar-refractivity contribution in [3.63, 3.8) is 0 Å². The highest BCUT2D eigenvalue weighted by molar-refractivity contribution is 8.00. The van der Waals surface area contributed by atoms with E-state index in [4.69, 9.17) is 11.6 Å². The summed E-state index contributed by atoms with van der Waals surface area (Å²) >= 11 is 6.94. The fourth-order valence-electron chi connectivity index (χ4n) is 1.41. The van der Waals surface area contributed by atoms with Crippen LogP contribution in [0.2, 0.25) is 5.02 Å². The molecule has 1 unspecified atom stereocenters. The highest BCUT2D eigenvalue weighted by Crippen LogP contribution is 2.23. The second-order valence-corrected chi connectivity index (χ2v) is 5.82. The number of rotatable bonds is 4. The molecule has 2 rings (SSSR count). The number of halogens is 2. The van der Waals surface area contributed by atoms with Gasteiger partial charge in [0, 0.05) is 12.7 Å². The molecule has 20 heavy (non-hydrogen) atoms. The molecule has 0 bridgehead atoms. The van der Waals surface area contributed by atoms with Crippen LogP contribution in [0.3, 0.4) is 0 Å². The number of aromatic nitrogens is 3. The topological polar surface area (TPSA) is 59.8 Å². The van der Waals surface area contributed by atoms with Gasteiger partial charge in [-0.2, -0.15) is 0 Å². The Morgan fingerprint density at radius 3 is 2.90 bits per heavy atom. The lowest BCUT2D eigenvalue weighted by atomic mass is 10.3. The van der Waals surface area contributed by atoms with Crippen molar-refractivity contribution in [2.75, 3.05) is 5.32 Å². The average Bonchev–Trinajstić information content (AvgIpc) is 2.79. The Bertz CT molecular complexity index is 634. The van der Waals surface area contributed by atoms with Crippen LogP contribution in [0.1, 0.15) is 6.92 Å². The van der Waals surface area contributed by atoms with Crippen LogP contribution in [0.5, 0.6) is 0 Å². The first-order valence-electron chi connectivity index (χ1n) is 5.74. The number of nitrogens with one attached hydrogen (secondary N) is 1. The Morgan fingerprint density at radius 1 is 1.55 bits per heavy atom. The minimum Gasteiger partial charge on any atom is -0.325 e. The monoisotopic (exact) mass is 314 g/mol. The van der Waals surface area contributed by atoms with Crippen molar-refractivity contribution >= 4 is 35.0 Å². The molecule has 2 aromatic rings. The fraction of sp³-hybridized carbons (Fsp3) is 0.250. The first-order valence-corrected chi connectivity index (χ1v) is 6.99. The quantitative estimate of drug-likeness (QED) is 0.882. The normalized spacial score (nSPS) is 12.2. The molecule has 8 heteroatoms. The standard InChI is InChI=1S/C12H12ClFN4OS/c1-7(20-12-17-15-6-18(12)2)11(19)16-8-3-4-10(14)9(13)5-8/h3-7H,1-2H3,(H,16,19). The van der Waals surface area contributed by atoms with Gasteiger partial charge in [0.2, 0.25) is 5.91 Å². The second kappa shape index (κ2) is 6.23. The molecule has 1 aromatic carbocycles. The summed E-state index contributed by atoms with van der Waals surface area (Å²) in [5, 5.41) is 10.5. The number of nitrogens with zero attached hydrogens (tertiary/aromatic N) is 3. The van der Waals surface area contributed by atoms with Crippen molar-refractivity contribution in [3.8, 4) is 0 Å². The zero-order valence-corrected chi connectivity index (χ0v) is 12.4. The third-order valence-corrected chi connectivity index (χ3v) is 3.95. The maximum absolute atomic E-state index is 13.0. The van der Waals surface area contributed by atoms with Gasteiger partial charge in [0.15, 0.2) is 5.16 Å². The molecule has 0 aliphatic rings. The van der Waals surface area contributed by atoms with Gasteiger partial charge in [0.25, 0.3) is 0 Å². The lowest BCUT2D eigenvalue weighted by Crippen LogP contribution is -2.22. The summed E-state index contributed by atoms with van der Waals surface area (Å²) in [6, 6.07) is 4.03. The molecule has 0 radical (unpaired) electrons. The van der Waals surface area contributed by atoms with Crippen molar-refractivity contribution < 1.29 is 9.18 Å². The lowest BCUT2D eigenvalue weighted by molar-refractivity contribution is -0.115. The summed E-state index contributed by atoms with van der Waals surface area (Å²) in [6.45, 7) is 1.75. The smallest absolute Gasteiger partial charge is 0.237 e. The lowest BCUT2D eigenvalue weighted by Gasteiger charge is -2.11. The summed E-state index contributed by atoms with van der Waals surface area (Å²) in [7, 11) is 1.80. The highest BCUT2D eigenvalue weighted by atomic mass is 35.5. The van der Waals surface area contributed by atoms with Crippen LogP contribution in [0, 0.1) is 5.82 Å². The Kier molecular flexibility index (Phi) is 4.61. The third kappa shape index (κ3) is 3.49. The molecule has 1 atom stereocenters. The van der Waals surface area contributed by atoms with E-state index in [0.717, 1.165) is 0 Å². The van der Waals surface area contributed by atoms with E-state index in [1.54, 1.807) is 24.9 Å². The summed E-state index contributed by atoms with van der Waals surface area (Å²) in [5.74, 6) is -0.744. The first kappa shape index (κ1) is 14.8. The predicted octanol–water partition coefficient (Wildman–Crippen LogP) is 2.73. The van der Waals surface area contributed by atoms with Crippen molar-refractivity contribution in [1.82, 2.24) is 14.8 Å². The van der Waals surface area contributed by atoms with Gasteiger partial charge in [0.1, 0.15) is 12.1 Å². The molecule has 1 amide bonds. The number of amides is 1. The number of carbonyl (C=O) groups is 1. The van der Waals surface area contributed by atoms with E-state index in [0.29, 0.717) is 10.8 Å². The van der Waals surface area contributed by atoms with Gasteiger partial charge in [0.05, 0.1) is 10.3 Å². The van der Waals surface area contributed by atoms with Crippen LogP contribution >= 0.6 is 23.4 Å². The summed E-state index contributed by atoms with van der Waals surface area (Å²) < 4.78 is 14.7. The predicted molar refractivity (Wildman–Crippen MR) is 76.4 cm³/mol. The molecule has 1 heterocycles. The fourth-order valence-corrected chi connectivity index (χ4v) is 2.38. The van der Waals surface area contributed by atoms with E-state index in [1.807, 2.05) is 0 Å². The zero-order chi connectivity index (χ0) is 14.7. The zero-order valence-electron chi connectivity index (χ0n) is 10.8. The van der Waals surface area contributed by atoms with Gasteiger partial charge in [-0.25, -0.2) is 4.39 Å². The summed E-state index contributed by atoms with van der Waals surface area (Å²) in [5.41, 5.74) is 0.451. The van der Waals surface area contributed by atoms with Crippen LogP contribution in [-0.4, -0.2) is 25.9 Å². The molecule has 0 saturated heterocycles. The van der Waals surface area contributed by atoms with E-state index in [1.165, 1.54) is 30.0 Å². The molecule has 0 aliphatic heterocycles. The van der Waals surface area contributed by atoms with Gasteiger partial charge in [-0.3, -0.25) is 4.79 Å². The molecule has 0 spiro atoms. The Labute approximate surface area is 124 Å². The Hall–Kier alpha value is -1.60. The first-order chi connectivity index (χ1) is 9.47. The summed E-state index contributed by atoms with van der Waals surface area (Å²) in [6.07, 6.45) is 1.56. The number of thioether (sulfide) groups is 1. The van der Waals surface area contributed by atoms with Gasteiger partial charge in [-0.15, -0.1) is 10.2 Å². The summed E-state index contributed by atoms with van der Waals surface area (Å²) in [4.78, 5) is 12.0. The van der Waals surface area contributed by atoms with E-state index < -0.39 is 5.82 Å². The SMILES string of the molecule is CC(Sc1nncn1C)C(=O)Nc1ccc(F)c(Cl)c1.